The first kappa shape index (κ1) is 45.7. The second-order valence-electron chi connectivity index (χ2n) is 18.2. The fourth-order valence-corrected chi connectivity index (χ4v) is 10.2. The van der Waals surface area contributed by atoms with Crippen LogP contribution < -0.4 is 10.6 Å². The average Bonchev–Trinajstić information content (AvgIpc) is 4.26. The second kappa shape index (κ2) is 20.6. The third-order valence-electron chi connectivity index (χ3n) is 13.9. The van der Waals surface area contributed by atoms with Crippen molar-refractivity contribution in [1.82, 2.24) is 45.4 Å². The number of hydrogen-bond acceptors (Lipinski definition) is 11. The van der Waals surface area contributed by atoms with Crippen LogP contribution in [0.4, 0.5) is 9.59 Å². The molecule has 4 atom stereocenters. The van der Waals surface area contributed by atoms with Gasteiger partial charge in [-0.1, -0.05) is 66.7 Å². The number of nitrogens with zero attached hydrogens (tertiary/aromatic N) is 5. The first-order chi connectivity index (χ1) is 33.8. The van der Waals surface area contributed by atoms with Crippen molar-refractivity contribution in [2.75, 3.05) is 46.6 Å². The van der Waals surface area contributed by atoms with E-state index >= 15 is 0 Å². The van der Waals surface area contributed by atoms with Gasteiger partial charge in [-0.25, -0.2) is 24.5 Å². The summed E-state index contributed by atoms with van der Waals surface area (Å²) in [6, 6.07) is 25.5. The molecule has 0 saturated carbocycles. The van der Waals surface area contributed by atoms with Crippen molar-refractivity contribution in [3.05, 3.63) is 115 Å². The maximum atomic E-state index is 14.3. The summed E-state index contributed by atoms with van der Waals surface area (Å²) in [5, 5.41) is 6.66. The SMILES string of the molecule is COC(=O)N[C@H](C(=O)N1CCC[C@H]1c1ncc(-c2ccc(-c3ccc4cc(-c5cnc([C@@H]6CCCN6C(=O)[C@H](NC(=O)OC6CCOCC6)c6ccccc6)[nH]5)ccc4n3)cc2)[nH]1)C1CCOCC1. The first-order valence-electron chi connectivity index (χ1n) is 24.0. The van der Waals surface area contributed by atoms with Gasteiger partial charge in [-0.05, 0) is 73.8 Å². The topological polar surface area (TPSA) is 206 Å². The van der Waals surface area contributed by atoms with E-state index in [1.807, 2.05) is 82.6 Å². The molecule has 0 radical (unpaired) electrons. The minimum atomic E-state index is -0.913. The quantitative estimate of drug-likeness (QED) is 0.0931. The van der Waals surface area contributed by atoms with Crippen molar-refractivity contribution in [1.29, 1.82) is 0 Å². The molecule has 3 aromatic carbocycles. The third-order valence-corrected chi connectivity index (χ3v) is 13.9. The fourth-order valence-electron chi connectivity index (χ4n) is 10.2. The lowest BCUT2D eigenvalue weighted by molar-refractivity contribution is -0.137. The molecule has 4 amide bonds. The Morgan fingerprint density at radius 1 is 0.667 bits per heavy atom. The molecule has 4 aliphatic rings. The summed E-state index contributed by atoms with van der Waals surface area (Å²) < 4.78 is 21.5. The van der Waals surface area contributed by atoms with Gasteiger partial charge in [0.15, 0.2) is 0 Å². The molecule has 0 bridgehead atoms. The highest BCUT2D eigenvalue weighted by molar-refractivity contribution is 5.89. The average molecular weight is 936 g/mol. The van der Waals surface area contributed by atoms with Gasteiger partial charge in [0.05, 0.1) is 67.4 Å². The van der Waals surface area contributed by atoms with Crippen LogP contribution in [0.25, 0.3) is 44.7 Å². The number of carbonyl (C=O) groups is 4. The second-order valence-corrected chi connectivity index (χ2v) is 18.2. The standard InChI is InChI=1S/C52H57N9O8/c1-66-51(64)58-46(35-19-25-67-26-20-35)50(63)61-24-5-9-43(61)47-53-30-41(56-47)33-13-11-32(12-14-33)39-17-15-36-29-37(16-18-40(36)55-39)42-31-54-48(57-42)44-10-6-23-60(44)49(62)45(34-7-3-2-4-8-34)59-52(65)69-38-21-27-68-28-22-38/h2-4,7-8,11-18,29-31,35,38,43-46H,5-6,9-10,19-28H2,1H3,(H,53,56)(H,54,57)(H,58,64)(H,59,65)/t43-,44-,45+,46-/m0/s1. The number of benzene rings is 3. The molecular weight excluding hydrogens is 879 g/mol. The van der Waals surface area contributed by atoms with Crippen LogP contribution in [0, 0.1) is 5.92 Å². The van der Waals surface area contributed by atoms with E-state index in [0.717, 1.165) is 70.4 Å². The lowest BCUT2D eigenvalue weighted by Crippen LogP contribution is -2.53. The Morgan fingerprint density at radius 3 is 1.94 bits per heavy atom. The number of aromatic nitrogens is 5. The van der Waals surface area contributed by atoms with E-state index in [1.54, 1.807) is 12.4 Å². The molecule has 4 saturated heterocycles. The summed E-state index contributed by atoms with van der Waals surface area (Å²) in [4.78, 5) is 78.9. The first-order valence-corrected chi connectivity index (χ1v) is 24.0. The molecule has 10 rings (SSSR count). The summed E-state index contributed by atoms with van der Waals surface area (Å²) in [6.45, 7) is 3.30. The predicted molar refractivity (Wildman–Crippen MR) is 255 cm³/mol. The molecule has 0 spiro atoms. The van der Waals surface area contributed by atoms with Crippen molar-refractivity contribution in [2.24, 2.45) is 5.92 Å². The number of rotatable bonds is 12. The van der Waals surface area contributed by atoms with Crippen molar-refractivity contribution in [3.63, 3.8) is 0 Å². The number of hydrogen-bond donors (Lipinski definition) is 4. The minimum absolute atomic E-state index is 0.0366. The number of likely N-dealkylation sites (tertiary alicyclic amines) is 2. The van der Waals surface area contributed by atoms with Crippen LogP contribution in [0.15, 0.2) is 97.3 Å². The summed E-state index contributed by atoms with van der Waals surface area (Å²) in [5.41, 5.74) is 6.89. The van der Waals surface area contributed by atoms with E-state index in [0.29, 0.717) is 82.4 Å². The molecule has 69 heavy (non-hydrogen) atoms. The van der Waals surface area contributed by atoms with E-state index in [2.05, 4.69) is 32.7 Å². The molecule has 17 nitrogen and oxygen atoms in total. The molecular formula is C52H57N9O8. The van der Waals surface area contributed by atoms with Crippen LogP contribution in [0.5, 0.6) is 0 Å². The molecule has 6 aromatic rings. The lowest BCUT2D eigenvalue weighted by atomic mass is 9.90. The highest BCUT2D eigenvalue weighted by atomic mass is 16.6. The van der Waals surface area contributed by atoms with Crippen molar-refractivity contribution in [3.8, 4) is 33.8 Å². The van der Waals surface area contributed by atoms with Crippen molar-refractivity contribution >= 4 is 34.9 Å². The Kier molecular flexibility index (Phi) is 13.7. The van der Waals surface area contributed by atoms with Crippen LogP contribution in [-0.4, -0.2) is 117 Å². The normalized spacial score (nSPS) is 19.8. The van der Waals surface area contributed by atoms with Gasteiger partial charge >= 0.3 is 12.2 Å². The number of fused-ring (bicyclic) bond motifs is 1. The van der Waals surface area contributed by atoms with Gasteiger partial charge in [0, 0.05) is 55.7 Å². The number of methoxy groups -OCH3 is 1. The van der Waals surface area contributed by atoms with Gasteiger partial charge in [-0.3, -0.25) is 9.59 Å². The van der Waals surface area contributed by atoms with E-state index in [-0.39, 0.29) is 35.9 Å². The largest absolute Gasteiger partial charge is 0.453 e. The van der Waals surface area contributed by atoms with Crippen LogP contribution in [-0.2, 0) is 28.5 Å². The third kappa shape index (κ3) is 10.1. The van der Waals surface area contributed by atoms with Crippen molar-refractivity contribution < 1.29 is 38.1 Å². The molecule has 4 fully saturated rings. The number of carbonyl (C=O) groups excluding carboxylic acids is 4. The number of aromatic amines is 2. The Labute approximate surface area is 399 Å². The highest BCUT2D eigenvalue weighted by Gasteiger charge is 2.41. The summed E-state index contributed by atoms with van der Waals surface area (Å²) in [7, 11) is 1.31. The van der Waals surface area contributed by atoms with Crippen LogP contribution in [0.3, 0.4) is 0 Å². The van der Waals surface area contributed by atoms with E-state index in [9.17, 15) is 19.2 Å². The molecule has 0 aliphatic carbocycles. The van der Waals surface area contributed by atoms with Crippen LogP contribution in [0.1, 0.15) is 86.7 Å². The molecule has 358 valence electrons. The zero-order chi connectivity index (χ0) is 47.3. The summed E-state index contributed by atoms with van der Waals surface area (Å²) in [5.74, 6) is 1.04. The summed E-state index contributed by atoms with van der Waals surface area (Å²) in [6.07, 6.45) is 7.89. The molecule has 3 aromatic heterocycles. The van der Waals surface area contributed by atoms with Gasteiger partial charge in [0.2, 0.25) is 5.91 Å². The molecule has 0 unspecified atom stereocenters. The number of H-pyrrole nitrogens is 2. The van der Waals surface area contributed by atoms with E-state index in [4.69, 9.17) is 33.9 Å². The zero-order valence-corrected chi connectivity index (χ0v) is 38.6. The number of pyridine rings is 1. The Morgan fingerprint density at radius 2 is 1.28 bits per heavy atom. The maximum Gasteiger partial charge on any atom is 0.408 e. The smallest absolute Gasteiger partial charge is 0.408 e. The molecule has 4 aliphatic heterocycles. The van der Waals surface area contributed by atoms with Gasteiger partial charge in [-0.15, -0.1) is 0 Å². The number of nitrogens with one attached hydrogen (secondary N) is 4. The zero-order valence-electron chi connectivity index (χ0n) is 38.6. The van der Waals surface area contributed by atoms with E-state index in [1.165, 1.54) is 7.11 Å². The van der Waals surface area contributed by atoms with Gasteiger partial charge in [0.1, 0.15) is 29.8 Å². The Balaban J connectivity index is 0.798. The predicted octanol–water partition coefficient (Wildman–Crippen LogP) is 7.81. The molecule has 17 heteroatoms. The molecule has 7 heterocycles. The molecule has 4 N–H and O–H groups in total. The van der Waals surface area contributed by atoms with Gasteiger partial charge in [-0.2, -0.15) is 0 Å². The Hall–Kier alpha value is -7.11. The van der Waals surface area contributed by atoms with Gasteiger partial charge < -0.3 is 49.3 Å². The fraction of sp³-hybridized carbons (Fsp3) is 0.404. The monoisotopic (exact) mass is 935 g/mol. The minimum Gasteiger partial charge on any atom is -0.453 e. The summed E-state index contributed by atoms with van der Waals surface area (Å²) >= 11 is 0. The Bertz CT molecular complexity index is 2770. The number of ether oxygens (including phenoxy) is 4. The number of amides is 4. The van der Waals surface area contributed by atoms with Crippen LogP contribution >= 0.6 is 0 Å². The van der Waals surface area contributed by atoms with Crippen LogP contribution in [0.2, 0.25) is 0 Å². The van der Waals surface area contributed by atoms with Gasteiger partial charge in [0.25, 0.3) is 5.91 Å². The van der Waals surface area contributed by atoms with Crippen molar-refractivity contribution in [2.45, 2.75) is 81.6 Å². The number of alkyl carbamates (subject to hydrolysis) is 2. The lowest BCUT2D eigenvalue weighted by Gasteiger charge is -2.34. The maximum absolute atomic E-state index is 14.3. The number of imidazole rings is 2. The highest BCUT2D eigenvalue weighted by Crippen LogP contribution is 2.37. The van der Waals surface area contributed by atoms with E-state index < -0.39 is 24.3 Å².